The summed E-state index contributed by atoms with van der Waals surface area (Å²) in [5, 5.41) is 13.6. The van der Waals surface area contributed by atoms with Crippen LogP contribution in [0.5, 0.6) is 5.75 Å². The Balaban J connectivity index is 1.44. The largest absolute Gasteiger partial charge is 0.492 e. The molecule has 1 aliphatic rings. The lowest BCUT2D eigenvalue weighted by atomic mass is 9.76. The molecule has 7 nitrogen and oxygen atoms in total. The Hall–Kier alpha value is -3.84. The molecule has 41 heavy (non-hydrogen) atoms. The van der Waals surface area contributed by atoms with Crippen molar-refractivity contribution in [1.29, 1.82) is 0 Å². The highest BCUT2D eigenvalue weighted by molar-refractivity contribution is 6.13. The minimum atomic E-state index is -0.605. The van der Waals surface area contributed by atoms with Crippen molar-refractivity contribution in [3.05, 3.63) is 94.5 Å². The number of esters is 1. The fourth-order valence-corrected chi connectivity index (χ4v) is 5.37. The van der Waals surface area contributed by atoms with Crippen LogP contribution in [0.25, 0.3) is 0 Å². The van der Waals surface area contributed by atoms with Crippen molar-refractivity contribution in [3.8, 4) is 5.75 Å². The van der Waals surface area contributed by atoms with Crippen molar-refractivity contribution < 1.29 is 24.2 Å². The zero-order valence-electron chi connectivity index (χ0n) is 24.9. The molecule has 1 N–H and O–H groups in total. The highest BCUT2D eigenvalue weighted by Crippen LogP contribution is 2.41. The smallest absolute Gasteiger partial charge is 0.335 e. The molecule has 1 atom stereocenters. The lowest BCUT2D eigenvalue weighted by Gasteiger charge is -2.41. The molecule has 0 aromatic heterocycles. The minimum Gasteiger partial charge on any atom is -0.492 e. The molecular formula is C34H42N2O5. The molecule has 3 aromatic rings. The van der Waals surface area contributed by atoms with Gasteiger partial charge in [-0.1, -0.05) is 61.5 Å². The lowest BCUT2D eigenvalue weighted by Crippen LogP contribution is -2.39. The van der Waals surface area contributed by atoms with Crippen LogP contribution in [-0.4, -0.2) is 55.9 Å². The van der Waals surface area contributed by atoms with E-state index in [9.17, 15) is 10.0 Å². The molecule has 1 unspecified atom stereocenters. The average molecular weight is 559 g/mol. The van der Waals surface area contributed by atoms with E-state index in [1.54, 1.807) is 6.92 Å². The van der Waals surface area contributed by atoms with Gasteiger partial charge in [-0.25, -0.2) is 4.79 Å². The third-order valence-corrected chi connectivity index (χ3v) is 7.71. The van der Waals surface area contributed by atoms with E-state index in [1.807, 2.05) is 61.5 Å². The Labute approximate surface area is 243 Å². The molecule has 1 aliphatic heterocycles. The highest BCUT2D eigenvalue weighted by Gasteiger charge is 2.32. The van der Waals surface area contributed by atoms with Crippen LogP contribution >= 0.6 is 0 Å². The van der Waals surface area contributed by atoms with Gasteiger partial charge in [-0.15, -0.1) is 0 Å². The van der Waals surface area contributed by atoms with Gasteiger partial charge in [-0.05, 0) is 73.6 Å². The number of carbonyl (C=O) groups excluding carboxylic acids is 1. The van der Waals surface area contributed by atoms with Crippen LogP contribution in [0.4, 0.5) is 5.69 Å². The fourth-order valence-electron chi connectivity index (χ4n) is 5.37. The van der Waals surface area contributed by atoms with Crippen molar-refractivity contribution in [1.82, 2.24) is 0 Å². The molecule has 4 rings (SSSR count). The molecule has 1 heterocycles. The van der Waals surface area contributed by atoms with E-state index in [-0.39, 0.29) is 11.4 Å². The predicted octanol–water partition coefficient (Wildman–Crippen LogP) is 6.30. The molecule has 0 fully saturated rings. The number of aryl methyl sites for hydroxylation is 1. The summed E-state index contributed by atoms with van der Waals surface area (Å²) in [5.41, 5.74) is 6.90. The summed E-state index contributed by atoms with van der Waals surface area (Å²) >= 11 is 0. The van der Waals surface area contributed by atoms with Gasteiger partial charge in [-0.3, -0.25) is 0 Å². The summed E-state index contributed by atoms with van der Waals surface area (Å²) in [7, 11) is 0. The van der Waals surface area contributed by atoms with Gasteiger partial charge in [0.25, 0.3) is 0 Å². The van der Waals surface area contributed by atoms with E-state index in [1.165, 1.54) is 11.3 Å². The number of rotatable bonds is 12. The van der Waals surface area contributed by atoms with E-state index in [0.29, 0.717) is 32.0 Å². The molecule has 0 amide bonds. The average Bonchev–Trinajstić information content (AvgIpc) is 2.96. The van der Waals surface area contributed by atoms with Crippen LogP contribution in [-0.2, 0) is 26.1 Å². The Morgan fingerprint density at radius 3 is 2.44 bits per heavy atom. The molecule has 0 saturated heterocycles. The molecule has 0 aliphatic carbocycles. The summed E-state index contributed by atoms with van der Waals surface area (Å²) < 4.78 is 16.9. The topological polar surface area (TPSA) is 80.6 Å². The van der Waals surface area contributed by atoms with E-state index in [0.717, 1.165) is 47.5 Å². The van der Waals surface area contributed by atoms with E-state index in [2.05, 4.69) is 43.0 Å². The van der Waals surface area contributed by atoms with Crippen LogP contribution in [0.2, 0.25) is 0 Å². The molecule has 0 bridgehead atoms. The molecule has 7 heteroatoms. The van der Waals surface area contributed by atoms with Crippen LogP contribution in [0.1, 0.15) is 61.9 Å². The maximum Gasteiger partial charge on any atom is 0.335 e. The van der Waals surface area contributed by atoms with Crippen molar-refractivity contribution in [3.63, 3.8) is 0 Å². The summed E-state index contributed by atoms with van der Waals surface area (Å²) in [6, 6.07) is 22.0. The zero-order chi connectivity index (χ0) is 29.4. The number of ether oxygens (including phenoxy) is 3. The highest BCUT2D eigenvalue weighted by atomic mass is 16.6. The summed E-state index contributed by atoms with van der Waals surface area (Å²) in [5.74, 6) is 0.454. The van der Waals surface area contributed by atoms with Gasteiger partial charge in [0.2, 0.25) is 0 Å². The summed E-state index contributed by atoms with van der Waals surface area (Å²) in [6.45, 7) is 13.3. The van der Waals surface area contributed by atoms with Crippen molar-refractivity contribution in [2.75, 3.05) is 37.8 Å². The van der Waals surface area contributed by atoms with Gasteiger partial charge in [0.1, 0.15) is 18.1 Å². The third-order valence-electron chi connectivity index (χ3n) is 7.71. The first-order valence-electron chi connectivity index (χ1n) is 14.4. The first kappa shape index (κ1) is 30.1. The van der Waals surface area contributed by atoms with Crippen molar-refractivity contribution in [2.45, 2.75) is 59.0 Å². The third kappa shape index (κ3) is 7.27. The van der Waals surface area contributed by atoms with Crippen LogP contribution in [0.3, 0.4) is 0 Å². The van der Waals surface area contributed by atoms with Gasteiger partial charge >= 0.3 is 5.97 Å². The summed E-state index contributed by atoms with van der Waals surface area (Å²) in [4.78, 5) is 14.6. The summed E-state index contributed by atoms with van der Waals surface area (Å²) in [6.07, 6.45) is 0.864. The maximum absolute atomic E-state index is 12.2. The number of nitrogens with zero attached hydrogens (tertiary/aromatic N) is 2. The Morgan fingerprint density at radius 2 is 1.78 bits per heavy atom. The second-order valence-corrected chi connectivity index (χ2v) is 11.0. The SMILES string of the molecule is CCOC(=O)C(Cc1ccc(OCCN2CCC(C)(C)c3cc(C(=NO)c4ccccc4)c(C)cc32)cc1)OCC. The normalized spacial score (nSPS) is 15.2. The minimum absolute atomic E-state index is 0.00880. The first-order valence-corrected chi connectivity index (χ1v) is 14.4. The van der Waals surface area contributed by atoms with E-state index >= 15 is 0 Å². The molecule has 0 radical (unpaired) electrons. The van der Waals surface area contributed by atoms with Gasteiger partial charge in [-0.2, -0.15) is 0 Å². The lowest BCUT2D eigenvalue weighted by molar-refractivity contribution is -0.156. The number of oxime groups is 1. The number of hydrogen-bond donors (Lipinski definition) is 1. The standard InChI is InChI=1S/C34H42N2O5/c1-6-39-31(33(37)40-7-2)22-25-13-15-27(16-14-25)41-20-19-36-18-17-34(4,5)29-23-28(24(3)21-30(29)36)32(35-38)26-11-9-8-10-12-26/h8-16,21,23,31,38H,6-7,17-20,22H2,1-5H3. The van der Waals surface area contributed by atoms with Gasteiger partial charge < -0.3 is 24.3 Å². The maximum atomic E-state index is 12.2. The van der Waals surface area contributed by atoms with Gasteiger partial charge in [0.15, 0.2) is 6.10 Å². The number of fused-ring (bicyclic) bond motifs is 1. The van der Waals surface area contributed by atoms with Gasteiger partial charge in [0, 0.05) is 36.4 Å². The van der Waals surface area contributed by atoms with E-state index in [4.69, 9.17) is 14.2 Å². The molecule has 3 aromatic carbocycles. The van der Waals surface area contributed by atoms with Crippen molar-refractivity contribution in [2.24, 2.45) is 5.16 Å². The predicted molar refractivity (Wildman–Crippen MR) is 163 cm³/mol. The Kier molecular flexibility index (Phi) is 10.1. The Morgan fingerprint density at radius 1 is 1.05 bits per heavy atom. The zero-order valence-corrected chi connectivity index (χ0v) is 24.9. The second-order valence-electron chi connectivity index (χ2n) is 11.0. The number of benzene rings is 3. The number of anilines is 1. The Bertz CT molecular complexity index is 1340. The molecular weight excluding hydrogens is 516 g/mol. The number of carbonyl (C=O) groups is 1. The second kappa shape index (κ2) is 13.7. The number of hydrogen-bond acceptors (Lipinski definition) is 7. The molecule has 218 valence electrons. The van der Waals surface area contributed by atoms with Gasteiger partial charge in [0.05, 0.1) is 13.2 Å². The van der Waals surface area contributed by atoms with Crippen LogP contribution in [0.15, 0.2) is 71.9 Å². The van der Waals surface area contributed by atoms with E-state index < -0.39 is 6.10 Å². The van der Waals surface area contributed by atoms with Crippen molar-refractivity contribution >= 4 is 17.4 Å². The molecule has 0 saturated carbocycles. The first-order chi connectivity index (χ1) is 19.8. The quantitative estimate of drug-likeness (QED) is 0.122. The van der Waals surface area contributed by atoms with Crippen LogP contribution < -0.4 is 9.64 Å². The fraction of sp³-hybridized carbons (Fsp3) is 0.412. The molecule has 0 spiro atoms. The van der Waals surface area contributed by atoms with Crippen LogP contribution in [0, 0.1) is 6.92 Å². The monoisotopic (exact) mass is 558 g/mol.